The Bertz CT molecular complexity index is 285. The molecule has 1 amide bonds. The van der Waals surface area contributed by atoms with Gasteiger partial charge >= 0.3 is 5.97 Å². The van der Waals surface area contributed by atoms with Gasteiger partial charge in [-0.3, -0.25) is 9.59 Å². The monoisotopic (exact) mass is 257 g/mol. The van der Waals surface area contributed by atoms with E-state index in [4.69, 9.17) is 9.84 Å². The highest BCUT2D eigenvalue weighted by molar-refractivity contribution is 5.77. The Kier molecular flexibility index (Phi) is 6.12. The number of carbonyl (C=O) groups is 2. The predicted octanol–water partition coefficient (Wildman–Crippen LogP) is 1.66. The second-order valence-electron chi connectivity index (χ2n) is 5.00. The molecule has 1 unspecified atom stereocenters. The summed E-state index contributed by atoms with van der Waals surface area (Å²) in [6.45, 7) is 4.90. The second kappa shape index (κ2) is 7.36. The maximum absolute atomic E-state index is 12.0. The van der Waals surface area contributed by atoms with Crippen LogP contribution in [0.3, 0.4) is 0 Å². The number of nitrogens with zero attached hydrogens (tertiary/aromatic N) is 1. The zero-order valence-electron chi connectivity index (χ0n) is 11.2. The molecule has 5 nitrogen and oxygen atoms in total. The molecular weight excluding hydrogens is 234 g/mol. The molecule has 0 spiro atoms. The number of hydrogen-bond acceptors (Lipinski definition) is 3. The first-order valence-electron chi connectivity index (χ1n) is 6.63. The Balaban J connectivity index is 2.35. The van der Waals surface area contributed by atoms with Crippen molar-refractivity contribution >= 4 is 11.9 Å². The highest BCUT2D eigenvalue weighted by atomic mass is 16.5. The molecule has 1 aliphatic heterocycles. The number of carboxylic acid groups (broad SMARTS) is 1. The van der Waals surface area contributed by atoms with Gasteiger partial charge in [-0.2, -0.15) is 0 Å². The molecule has 0 aromatic carbocycles. The van der Waals surface area contributed by atoms with Crippen molar-refractivity contribution in [3.8, 4) is 0 Å². The molecule has 104 valence electrons. The zero-order valence-corrected chi connectivity index (χ0v) is 11.2. The SMILES string of the molecule is CC(C)N(CCC(=O)O)C(=O)CCC1CCCO1. The molecule has 0 bridgehead atoms. The molecule has 18 heavy (non-hydrogen) atoms. The van der Waals surface area contributed by atoms with Crippen LogP contribution in [0.15, 0.2) is 0 Å². The summed E-state index contributed by atoms with van der Waals surface area (Å²) < 4.78 is 5.48. The van der Waals surface area contributed by atoms with Crippen LogP contribution in [0, 0.1) is 0 Å². The van der Waals surface area contributed by atoms with E-state index in [9.17, 15) is 9.59 Å². The normalized spacial score (nSPS) is 19.2. The minimum Gasteiger partial charge on any atom is -0.481 e. The average molecular weight is 257 g/mol. The van der Waals surface area contributed by atoms with Crippen molar-refractivity contribution in [1.29, 1.82) is 0 Å². The summed E-state index contributed by atoms with van der Waals surface area (Å²) in [5.41, 5.74) is 0. The molecule has 1 saturated heterocycles. The molecule has 5 heteroatoms. The van der Waals surface area contributed by atoms with Gasteiger partial charge in [-0.15, -0.1) is 0 Å². The van der Waals surface area contributed by atoms with Crippen molar-refractivity contribution in [3.63, 3.8) is 0 Å². The third-order valence-corrected chi connectivity index (χ3v) is 3.21. The number of rotatable bonds is 7. The highest BCUT2D eigenvalue weighted by Crippen LogP contribution is 2.17. The molecule has 0 aliphatic carbocycles. The standard InChI is InChI=1S/C13H23NO4/c1-10(2)14(8-7-13(16)17)12(15)6-5-11-4-3-9-18-11/h10-11H,3-9H2,1-2H3,(H,16,17). The van der Waals surface area contributed by atoms with Crippen LogP contribution in [0.5, 0.6) is 0 Å². The minimum atomic E-state index is -0.868. The average Bonchev–Trinajstić information content (AvgIpc) is 2.78. The molecule has 1 N–H and O–H groups in total. The molecule has 1 atom stereocenters. The zero-order chi connectivity index (χ0) is 13.5. The lowest BCUT2D eigenvalue weighted by Crippen LogP contribution is -2.38. The van der Waals surface area contributed by atoms with Crippen LogP contribution < -0.4 is 0 Å². The van der Waals surface area contributed by atoms with Crippen molar-refractivity contribution in [2.45, 2.75) is 58.1 Å². The summed E-state index contributed by atoms with van der Waals surface area (Å²) >= 11 is 0. The summed E-state index contributed by atoms with van der Waals surface area (Å²) in [5.74, 6) is -0.839. The van der Waals surface area contributed by atoms with Crippen molar-refractivity contribution in [2.75, 3.05) is 13.2 Å². The molecule has 1 heterocycles. The predicted molar refractivity (Wildman–Crippen MR) is 67.3 cm³/mol. The Hall–Kier alpha value is -1.10. The summed E-state index contributed by atoms with van der Waals surface area (Å²) in [6, 6.07) is 0.0429. The van der Waals surface area contributed by atoms with E-state index in [0.717, 1.165) is 25.9 Å². The molecule has 1 fully saturated rings. The molecule has 0 radical (unpaired) electrons. The van der Waals surface area contributed by atoms with Gasteiger partial charge in [0.2, 0.25) is 5.91 Å². The highest BCUT2D eigenvalue weighted by Gasteiger charge is 2.21. The number of carbonyl (C=O) groups excluding carboxylic acids is 1. The van der Waals surface area contributed by atoms with Crippen LogP contribution in [0.25, 0.3) is 0 Å². The maximum atomic E-state index is 12.0. The number of aliphatic carboxylic acids is 1. The van der Waals surface area contributed by atoms with Gasteiger partial charge in [0.15, 0.2) is 0 Å². The molecule has 0 saturated carbocycles. The fourth-order valence-corrected chi connectivity index (χ4v) is 2.19. The van der Waals surface area contributed by atoms with Crippen molar-refractivity contribution in [2.24, 2.45) is 0 Å². The van der Waals surface area contributed by atoms with Gasteiger partial charge in [0.1, 0.15) is 0 Å². The van der Waals surface area contributed by atoms with Gasteiger partial charge < -0.3 is 14.7 Å². The third-order valence-electron chi connectivity index (χ3n) is 3.21. The topological polar surface area (TPSA) is 66.8 Å². The van der Waals surface area contributed by atoms with Gasteiger partial charge in [-0.25, -0.2) is 0 Å². The van der Waals surface area contributed by atoms with E-state index < -0.39 is 5.97 Å². The Morgan fingerprint density at radius 2 is 2.11 bits per heavy atom. The molecule has 0 aromatic heterocycles. The lowest BCUT2D eigenvalue weighted by Gasteiger charge is -2.26. The fourth-order valence-electron chi connectivity index (χ4n) is 2.19. The lowest BCUT2D eigenvalue weighted by atomic mass is 10.1. The van der Waals surface area contributed by atoms with E-state index in [0.29, 0.717) is 6.42 Å². The van der Waals surface area contributed by atoms with E-state index in [2.05, 4.69) is 0 Å². The summed E-state index contributed by atoms with van der Waals surface area (Å²) in [5, 5.41) is 8.67. The first kappa shape index (κ1) is 15.0. The lowest BCUT2D eigenvalue weighted by molar-refractivity contribution is -0.139. The van der Waals surface area contributed by atoms with Crippen LogP contribution in [-0.2, 0) is 14.3 Å². The second-order valence-corrected chi connectivity index (χ2v) is 5.00. The molecule has 1 aliphatic rings. The van der Waals surface area contributed by atoms with Gasteiger partial charge in [0.25, 0.3) is 0 Å². The summed E-state index contributed by atoms with van der Waals surface area (Å²) in [6.07, 6.45) is 3.51. The van der Waals surface area contributed by atoms with Crippen molar-refractivity contribution in [1.82, 2.24) is 4.90 Å². The van der Waals surface area contributed by atoms with Crippen LogP contribution in [0.4, 0.5) is 0 Å². The van der Waals surface area contributed by atoms with Crippen molar-refractivity contribution < 1.29 is 19.4 Å². The Morgan fingerprint density at radius 1 is 1.39 bits per heavy atom. The Labute approximate surface area is 108 Å². The molecular formula is C13H23NO4. The summed E-state index contributed by atoms with van der Waals surface area (Å²) in [7, 11) is 0. The Morgan fingerprint density at radius 3 is 2.61 bits per heavy atom. The molecule has 1 rings (SSSR count). The van der Waals surface area contributed by atoms with E-state index in [-0.39, 0.29) is 31.0 Å². The first-order valence-corrected chi connectivity index (χ1v) is 6.63. The quantitative estimate of drug-likeness (QED) is 0.753. The van der Waals surface area contributed by atoms with Crippen LogP contribution >= 0.6 is 0 Å². The van der Waals surface area contributed by atoms with E-state index in [1.807, 2.05) is 13.8 Å². The fraction of sp³-hybridized carbons (Fsp3) is 0.846. The third kappa shape index (κ3) is 5.04. The summed E-state index contributed by atoms with van der Waals surface area (Å²) in [4.78, 5) is 24.2. The van der Waals surface area contributed by atoms with E-state index in [1.54, 1.807) is 4.90 Å². The van der Waals surface area contributed by atoms with Gasteiger partial charge in [0.05, 0.1) is 12.5 Å². The van der Waals surface area contributed by atoms with Gasteiger partial charge in [-0.05, 0) is 33.1 Å². The molecule has 0 aromatic rings. The smallest absolute Gasteiger partial charge is 0.305 e. The van der Waals surface area contributed by atoms with E-state index >= 15 is 0 Å². The first-order chi connectivity index (χ1) is 8.50. The van der Waals surface area contributed by atoms with Gasteiger partial charge in [0, 0.05) is 25.6 Å². The van der Waals surface area contributed by atoms with E-state index in [1.165, 1.54) is 0 Å². The number of hydrogen-bond donors (Lipinski definition) is 1. The minimum absolute atomic E-state index is 0.00382. The largest absolute Gasteiger partial charge is 0.481 e. The van der Waals surface area contributed by atoms with Crippen LogP contribution in [-0.4, -0.2) is 47.2 Å². The maximum Gasteiger partial charge on any atom is 0.305 e. The van der Waals surface area contributed by atoms with Crippen molar-refractivity contribution in [3.05, 3.63) is 0 Å². The van der Waals surface area contributed by atoms with Crippen LogP contribution in [0.1, 0.15) is 46.0 Å². The number of carboxylic acids is 1. The number of amides is 1. The number of ether oxygens (including phenoxy) is 1. The van der Waals surface area contributed by atoms with Crippen LogP contribution in [0.2, 0.25) is 0 Å². The van der Waals surface area contributed by atoms with Gasteiger partial charge in [-0.1, -0.05) is 0 Å².